The Morgan fingerprint density at radius 1 is 0.420 bits per heavy atom. The number of anilines is 6. The summed E-state index contributed by atoms with van der Waals surface area (Å²) in [7, 11) is 0. The molecule has 0 heterocycles. The first-order valence-electron chi connectivity index (χ1n) is 26.0. The molecule has 2 fully saturated rings. The van der Waals surface area contributed by atoms with E-state index >= 15 is 0 Å². The summed E-state index contributed by atoms with van der Waals surface area (Å²) in [5.74, 6) is 1.13. The zero-order valence-corrected chi connectivity index (χ0v) is 41.5. The summed E-state index contributed by atoms with van der Waals surface area (Å²) >= 11 is 0. The molecule has 0 saturated heterocycles. The van der Waals surface area contributed by atoms with Gasteiger partial charge in [0.25, 0.3) is 0 Å². The molecule has 2 heteroatoms. The molecule has 0 N–H and O–H groups in total. The number of hydrogen-bond acceptors (Lipinski definition) is 2. The van der Waals surface area contributed by atoms with Gasteiger partial charge in [-0.1, -0.05) is 194 Å². The van der Waals surface area contributed by atoms with E-state index < -0.39 is 0 Å². The monoisotopic (exact) mass is 901 g/mol. The summed E-state index contributed by atoms with van der Waals surface area (Å²) in [6.45, 7) is 12.3. The minimum Gasteiger partial charge on any atom is -0.311 e. The molecule has 0 bridgehead atoms. The van der Waals surface area contributed by atoms with Crippen LogP contribution in [0.5, 0.6) is 0 Å². The maximum Gasteiger partial charge on any atom is 0.0465 e. The molecule has 69 heavy (non-hydrogen) atoms. The van der Waals surface area contributed by atoms with Crippen LogP contribution in [0.1, 0.15) is 126 Å². The topological polar surface area (TPSA) is 6.48 Å². The molecule has 8 aromatic carbocycles. The number of fused-ring (bicyclic) bond motifs is 3. The summed E-state index contributed by atoms with van der Waals surface area (Å²) in [5, 5.41) is 0. The third kappa shape index (κ3) is 8.20. The molecule has 2 saturated carbocycles. The van der Waals surface area contributed by atoms with E-state index in [9.17, 15) is 0 Å². The second-order valence-corrected chi connectivity index (χ2v) is 21.9. The molecule has 2 nitrogen and oxygen atoms in total. The van der Waals surface area contributed by atoms with E-state index in [1.807, 2.05) is 0 Å². The van der Waals surface area contributed by atoms with Crippen LogP contribution in [0.4, 0.5) is 34.1 Å². The summed E-state index contributed by atoms with van der Waals surface area (Å²) in [6, 6.07) is 75.8. The lowest BCUT2D eigenvalue weighted by atomic mass is 9.52. The number of nitrogens with zero attached hydrogens (tertiary/aromatic N) is 2. The maximum atomic E-state index is 2.53. The van der Waals surface area contributed by atoms with Crippen molar-refractivity contribution in [3.05, 3.63) is 228 Å². The van der Waals surface area contributed by atoms with Gasteiger partial charge in [-0.2, -0.15) is 0 Å². The van der Waals surface area contributed by atoms with Crippen molar-refractivity contribution in [2.24, 2.45) is 11.3 Å². The van der Waals surface area contributed by atoms with Crippen molar-refractivity contribution in [2.45, 2.75) is 109 Å². The molecule has 8 aromatic rings. The third-order valence-corrected chi connectivity index (χ3v) is 16.5. The molecule has 0 amide bonds. The SMILES string of the molecule is CC1(C)c2cc(N(c3ccc(C4CCCCC4)cc3)c3ccc(C4(c5ccc(N(c6ccccc6)c6ccccc6)cc5)CCCCC4C(C)(C)C)cc3)ccc2-c2c(-c3ccccc3)cccc21. The summed E-state index contributed by atoms with van der Waals surface area (Å²) in [5.41, 5.74) is 19.3. The molecular formula is C67H68N2. The van der Waals surface area contributed by atoms with Gasteiger partial charge in [0.15, 0.2) is 0 Å². The Morgan fingerprint density at radius 2 is 0.913 bits per heavy atom. The van der Waals surface area contributed by atoms with Crippen LogP contribution in [-0.2, 0) is 10.8 Å². The van der Waals surface area contributed by atoms with Gasteiger partial charge in [-0.3, -0.25) is 0 Å². The van der Waals surface area contributed by atoms with Crippen molar-refractivity contribution in [3.63, 3.8) is 0 Å². The van der Waals surface area contributed by atoms with Crippen molar-refractivity contribution in [3.8, 4) is 22.3 Å². The van der Waals surface area contributed by atoms with Gasteiger partial charge in [-0.25, -0.2) is 0 Å². The Morgan fingerprint density at radius 3 is 1.48 bits per heavy atom. The van der Waals surface area contributed by atoms with Crippen molar-refractivity contribution in [2.75, 3.05) is 9.80 Å². The first-order chi connectivity index (χ1) is 33.6. The number of benzene rings is 8. The summed E-state index contributed by atoms with van der Waals surface area (Å²) < 4.78 is 0. The molecule has 11 rings (SSSR count). The van der Waals surface area contributed by atoms with E-state index in [2.05, 4.69) is 245 Å². The van der Waals surface area contributed by atoms with E-state index in [1.54, 1.807) is 0 Å². The largest absolute Gasteiger partial charge is 0.311 e. The fourth-order valence-electron chi connectivity index (χ4n) is 13.2. The highest BCUT2D eigenvalue weighted by atomic mass is 15.1. The molecule has 0 radical (unpaired) electrons. The molecule has 3 aliphatic carbocycles. The van der Waals surface area contributed by atoms with Gasteiger partial charge in [-0.15, -0.1) is 0 Å². The lowest BCUT2D eigenvalue weighted by Crippen LogP contribution is -2.45. The highest BCUT2D eigenvalue weighted by Crippen LogP contribution is 2.57. The molecule has 2 atom stereocenters. The Kier molecular flexibility index (Phi) is 11.9. The first kappa shape index (κ1) is 44.8. The van der Waals surface area contributed by atoms with Gasteiger partial charge < -0.3 is 9.80 Å². The van der Waals surface area contributed by atoms with E-state index in [-0.39, 0.29) is 16.2 Å². The molecule has 0 spiro atoms. The molecular weight excluding hydrogens is 833 g/mol. The number of rotatable bonds is 10. The van der Waals surface area contributed by atoms with Crippen LogP contribution in [0.2, 0.25) is 0 Å². The molecule has 0 aromatic heterocycles. The Bertz CT molecular complexity index is 2970. The zero-order chi connectivity index (χ0) is 47.2. The smallest absolute Gasteiger partial charge is 0.0465 e. The average molecular weight is 901 g/mol. The van der Waals surface area contributed by atoms with Crippen molar-refractivity contribution >= 4 is 34.1 Å². The van der Waals surface area contributed by atoms with Crippen LogP contribution in [0.3, 0.4) is 0 Å². The normalized spacial score (nSPS) is 18.8. The van der Waals surface area contributed by atoms with Crippen molar-refractivity contribution in [1.82, 2.24) is 0 Å². The number of hydrogen-bond donors (Lipinski definition) is 0. The van der Waals surface area contributed by atoms with Gasteiger partial charge in [-0.05, 0) is 166 Å². The Balaban J connectivity index is 1.02. The Labute approximate surface area is 412 Å². The standard InChI is InChI=1S/C67H68N2/c1-65(2,3)63-31-18-19-46-67(63,51-34-40-56(41-35-51)68(53-25-14-8-15-26-53)54-27-16-9-17-28-54)52-36-42-57(43-37-52)69(55-38-32-49(33-39-55)48-21-10-6-11-22-48)58-44-45-60-62(47-58)66(4,5)61-30-20-29-59(64(60)61)50-23-12-7-13-24-50/h7-9,12-17,20,23-30,32-45,47-48,63H,6,10-11,18-19,21-22,31,46H2,1-5H3. The van der Waals surface area contributed by atoms with Gasteiger partial charge in [0.1, 0.15) is 0 Å². The van der Waals surface area contributed by atoms with Gasteiger partial charge in [0, 0.05) is 45.0 Å². The van der Waals surface area contributed by atoms with Gasteiger partial charge in [0.05, 0.1) is 0 Å². The second-order valence-electron chi connectivity index (χ2n) is 21.9. The highest BCUT2D eigenvalue weighted by molar-refractivity contribution is 5.94. The van der Waals surface area contributed by atoms with Gasteiger partial charge in [0.2, 0.25) is 0 Å². The van der Waals surface area contributed by atoms with Crippen LogP contribution >= 0.6 is 0 Å². The minimum absolute atomic E-state index is 0.110. The lowest BCUT2D eigenvalue weighted by Gasteiger charge is -2.51. The summed E-state index contributed by atoms with van der Waals surface area (Å²) in [4.78, 5) is 4.90. The number of para-hydroxylation sites is 2. The quantitative estimate of drug-likeness (QED) is 0.135. The van der Waals surface area contributed by atoms with Gasteiger partial charge >= 0.3 is 0 Å². The van der Waals surface area contributed by atoms with E-state index in [1.165, 1.54) is 124 Å². The van der Waals surface area contributed by atoms with Crippen molar-refractivity contribution < 1.29 is 0 Å². The van der Waals surface area contributed by atoms with Crippen LogP contribution < -0.4 is 9.80 Å². The molecule has 3 aliphatic rings. The molecule has 346 valence electrons. The fraction of sp³-hybridized carbons (Fsp3) is 0.284. The summed E-state index contributed by atoms with van der Waals surface area (Å²) in [6.07, 6.45) is 11.5. The second kappa shape index (κ2) is 18.4. The Hall–Kier alpha value is -6.64. The van der Waals surface area contributed by atoms with E-state index in [0.29, 0.717) is 11.8 Å². The predicted octanol–water partition coefficient (Wildman–Crippen LogP) is 19.2. The van der Waals surface area contributed by atoms with E-state index in [4.69, 9.17) is 0 Å². The zero-order valence-electron chi connectivity index (χ0n) is 41.5. The third-order valence-electron chi connectivity index (χ3n) is 16.5. The van der Waals surface area contributed by atoms with Crippen LogP contribution in [0.25, 0.3) is 22.3 Å². The fourth-order valence-corrected chi connectivity index (χ4v) is 13.2. The maximum absolute atomic E-state index is 2.53. The van der Waals surface area contributed by atoms with Crippen molar-refractivity contribution in [1.29, 1.82) is 0 Å². The first-order valence-corrected chi connectivity index (χ1v) is 26.0. The molecule has 2 unspecified atom stereocenters. The predicted molar refractivity (Wildman–Crippen MR) is 293 cm³/mol. The minimum atomic E-state index is -0.157. The van der Waals surface area contributed by atoms with E-state index in [0.717, 1.165) is 17.8 Å². The average Bonchev–Trinajstić information content (AvgIpc) is 3.63. The van der Waals surface area contributed by atoms with Crippen LogP contribution in [0, 0.1) is 11.3 Å². The van der Waals surface area contributed by atoms with Crippen LogP contribution in [0.15, 0.2) is 200 Å². The van der Waals surface area contributed by atoms with Crippen LogP contribution in [-0.4, -0.2) is 0 Å². The highest BCUT2D eigenvalue weighted by Gasteiger charge is 2.48. The molecule has 0 aliphatic heterocycles. The lowest BCUT2D eigenvalue weighted by molar-refractivity contribution is 0.100.